The fourth-order valence-corrected chi connectivity index (χ4v) is 2.36. The first-order valence-electron chi connectivity index (χ1n) is 5.28. The summed E-state index contributed by atoms with van der Waals surface area (Å²) in [7, 11) is 2.13. The van der Waals surface area contributed by atoms with Gasteiger partial charge in [0.1, 0.15) is 5.82 Å². The molecule has 6 heteroatoms. The second-order valence-electron chi connectivity index (χ2n) is 4.08. The van der Waals surface area contributed by atoms with Gasteiger partial charge in [-0.2, -0.15) is 4.98 Å². The molecule has 0 radical (unpaired) electrons. The van der Waals surface area contributed by atoms with E-state index in [4.69, 9.17) is 11.6 Å². The van der Waals surface area contributed by atoms with Gasteiger partial charge in [-0.15, -0.1) is 0 Å². The van der Waals surface area contributed by atoms with E-state index in [0.29, 0.717) is 6.04 Å². The van der Waals surface area contributed by atoms with Crippen LogP contribution in [0.4, 0.5) is 5.82 Å². The van der Waals surface area contributed by atoms with Gasteiger partial charge in [0.15, 0.2) is 0 Å². The van der Waals surface area contributed by atoms with Gasteiger partial charge in [0.25, 0.3) is 0 Å². The van der Waals surface area contributed by atoms with Crippen LogP contribution in [0, 0.1) is 0 Å². The maximum Gasteiger partial charge on any atom is 0.224 e. The molecule has 0 amide bonds. The van der Waals surface area contributed by atoms with Crippen molar-refractivity contribution in [3.8, 4) is 0 Å². The number of aromatic nitrogens is 2. The van der Waals surface area contributed by atoms with Crippen LogP contribution in [0.3, 0.4) is 0 Å². The number of halogens is 2. The zero-order chi connectivity index (χ0) is 11.5. The van der Waals surface area contributed by atoms with Crippen LogP contribution in [-0.4, -0.2) is 41.0 Å². The molecule has 1 aromatic heterocycles. The molecule has 1 N–H and O–H groups in total. The molecule has 4 nitrogen and oxygen atoms in total. The molecule has 0 spiro atoms. The lowest BCUT2D eigenvalue weighted by molar-refractivity contribution is 0.260. The summed E-state index contributed by atoms with van der Waals surface area (Å²) in [6.07, 6.45) is 4.05. The summed E-state index contributed by atoms with van der Waals surface area (Å²) in [6.45, 7) is 2.21. The molecule has 1 fully saturated rings. The number of nitrogens with zero attached hydrogens (tertiary/aromatic N) is 3. The zero-order valence-electron chi connectivity index (χ0n) is 9.08. The number of likely N-dealkylation sites (tertiary alicyclic amines) is 1. The molecule has 0 saturated carbocycles. The predicted octanol–water partition coefficient (Wildman–Crippen LogP) is 2.40. The molecule has 88 valence electrons. The fourth-order valence-electron chi connectivity index (χ4n) is 1.92. The molecule has 2 rings (SSSR count). The van der Waals surface area contributed by atoms with Crippen molar-refractivity contribution in [3.63, 3.8) is 0 Å². The van der Waals surface area contributed by atoms with E-state index in [1.165, 1.54) is 19.4 Å². The largest absolute Gasteiger partial charge is 0.365 e. The molecule has 1 aliphatic rings. The third-order valence-electron chi connectivity index (χ3n) is 2.68. The molecule has 16 heavy (non-hydrogen) atoms. The summed E-state index contributed by atoms with van der Waals surface area (Å²) in [4.78, 5) is 10.4. The van der Waals surface area contributed by atoms with Crippen LogP contribution < -0.4 is 5.32 Å². The van der Waals surface area contributed by atoms with E-state index in [0.717, 1.165) is 16.8 Å². The number of likely N-dealkylation sites (N-methyl/N-ethyl adjacent to an activating group) is 1. The van der Waals surface area contributed by atoms with Crippen molar-refractivity contribution in [2.75, 3.05) is 25.5 Å². The van der Waals surface area contributed by atoms with Crippen molar-refractivity contribution >= 4 is 33.3 Å². The molecule has 1 unspecified atom stereocenters. The summed E-state index contributed by atoms with van der Waals surface area (Å²) in [5.74, 6) is 0.778. The topological polar surface area (TPSA) is 41.0 Å². The summed E-state index contributed by atoms with van der Waals surface area (Å²) < 4.78 is 0.852. The number of piperidine rings is 1. The third-order valence-corrected chi connectivity index (χ3v) is 3.44. The van der Waals surface area contributed by atoms with Gasteiger partial charge in [-0.3, -0.25) is 0 Å². The normalized spacial score (nSPS) is 22.1. The Bertz CT molecular complexity index is 374. The van der Waals surface area contributed by atoms with E-state index < -0.39 is 0 Å². The fraction of sp³-hybridized carbons (Fsp3) is 0.600. The molecule has 0 bridgehead atoms. The van der Waals surface area contributed by atoms with Crippen LogP contribution in [0.25, 0.3) is 0 Å². The van der Waals surface area contributed by atoms with Crippen molar-refractivity contribution in [2.24, 2.45) is 0 Å². The Hall–Kier alpha value is -0.390. The molecule has 2 heterocycles. The molecular formula is C10H14BrClN4. The van der Waals surface area contributed by atoms with E-state index >= 15 is 0 Å². The first-order chi connectivity index (χ1) is 7.65. The Kier molecular flexibility index (Phi) is 4.00. The number of anilines is 1. The van der Waals surface area contributed by atoms with E-state index in [1.807, 2.05) is 0 Å². The highest BCUT2D eigenvalue weighted by Gasteiger charge is 2.18. The monoisotopic (exact) mass is 304 g/mol. The Labute approximate surface area is 109 Å². The average molecular weight is 306 g/mol. The smallest absolute Gasteiger partial charge is 0.224 e. The van der Waals surface area contributed by atoms with Crippen molar-refractivity contribution in [1.29, 1.82) is 0 Å². The molecule has 1 atom stereocenters. The van der Waals surface area contributed by atoms with Crippen molar-refractivity contribution in [3.05, 3.63) is 16.0 Å². The molecule has 0 aliphatic carbocycles. The minimum atomic E-state index is 0.273. The highest BCUT2D eigenvalue weighted by Crippen LogP contribution is 2.22. The van der Waals surface area contributed by atoms with Gasteiger partial charge in [-0.1, -0.05) is 0 Å². The maximum atomic E-state index is 5.77. The number of nitrogens with one attached hydrogen (secondary N) is 1. The Morgan fingerprint density at radius 3 is 3.19 bits per heavy atom. The third kappa shape index (κ3) is 3.06. The number of hydrogen-bond acceptors (Lipinski definition) is 4. The SMILES string of the molecule is CN1CCCC(Nc2nc(Cl)ncc2Br)C1. The summed E-state index contributed by atoms with van der Waals surface area (Å²) >= 11 is 9.18. The first-order valence-corrected chi connectivity index (χ1v) is 6.45. The van der Waals surface area contributed by atoms with E-state index in [-0.39, 0.29) is 5.28 Å². The second kappa shape index (κ2) is 5.29. The quantitative estimate of drug-likeness (QED) is 0.852. The highest BCUT2D eigenvalue weighted by atomic mass is 79.9. The minimum absolute atomic E-state index is 0.273. The van der Waals surface area contributed by atoms with Crippen LogP contribution in [-0.2, 0) is 0 Å². The predicted molar refractivity (Wildman–Crippen MR) is 68.9 cm³/mol. The van der Waals surface area contributed by atoms with Gasteiger partial charge in [-0.25, -0.2) is 4.98 Å². The minimum Gasteiger partial charge on any atom is -0.365 e. The van der Waals surface area contributed by atoms with E-state index in [9.17, 15) is 0 Å². The summed E-state index contributed by atoms with van der Waals surface area (Å²) in [5, 5.41) is 3.67. The summed E-state index contributed by atoms with van der Waals surface area (Å²) in [5.41, 5.74) is 0. The molecule has 1 aromatic rings. The van der Waals surface area contributed by atoms with Gasteiger partial charge in [0.2, 0.25) is 5.28 Å². The van der Waals surface area contributed by atoms with Crippen LogP contribution in [0.2, 0.25) is 5.28 Å². The van der Waals surface area contributed by atoms with Crippen LogP contribution in [0.15, 0.2) is 10.7 Å². The van der Waals surface area contributed by atoms with E-state index in [1.54, 1.807) is 6.20 Å². The van der Waals surface area contributed by atoms with Crippen molar-refractivity contribution in [2.45, 2.75) is 18.9 Å². The summed E-state index contributed by atoms with van der Waals surface area (Å²) in [6, 6.07) is 0.431. The van der Waals surface area contributed by atoms with Crippen molar-refractivity contribution in [1.82, 2.24) is 14.9 Å². The van der Waals surface area contributed by atoms with Crippen LogP contribution in [0.5, 0.6) is 0 Å². The van der Waals surface area contributed by atoms with Crippen LogP contribution in [0.1, 0.15) is 12.8 Å². The van der Waals surface area contributed by atoms with Gasteiger partial charge >= 0.3 is 0 Å². The Morgan fingerprint density at radius 1 is 1.62 bits per heavy atom. The lowest BCUT2D eigenvalue weighted by Crippen LogP contribution is -2.40. The Morgan fingerprint density at radius 2 is 2.44 bits per heavy atom. The lowest BCUT2D eigenvalue weighted by atomic mass is 10.1. The highest BCUT2D eigenvalue weighted by molar-refractivity contribution is 9.10. The standard InChI is InChI=1S/C10H14BrClN4/c1-16-4-2-3-7(6-16)14-9-8(11)5-13-10(12)15-9/h5,7H,2-4,6H2,1H3,(H,13,14,15). The zero-order valence-corrected chi connectivity index (χ0v) is 11.4. The second-order valence-corrected chi connectivity index (χ2v) is 5.27. The molecule has 1 saturated heterocycles. The van der Waals surface area contributed by atoms with Gasteiger partial charge in [0.05, 0.1) is 4.47 Å². The molecular weight excluding hydrogens is 291 g/mol. The van der Waals surface area contributed by atoms with Crippen LogP contribution >= 0.6 is 27.5 Å². The maximum absolute atomic E-state index is 5.77. The molecule has 0 aromatic carbocycles. The Balaban J connectivity index is 2.05. The molecule has 1 aliphatic heterocycles. The van der Waals surface area contributed by atoms with Crippen molar-refractivity contribution < 1.29 is 0 Å². The van der Waals surface area contributed by atoms with Gasteiger partial charge < -0.3 is 10.2 Å². The average Bonchev–Trinajstić information content (AvgIpc) is 2.24. The van der Waals surface area contributed by atoms with Gasteiger partial charge in [-0.05, 0) is 54.0 Å². The number of hydrogen-bond donors (Lipinski definition) is 1. The lowest BCUT2D eigenvalue weighted by Gasteiger charge is -2.30. The van der Waals surface area contributed by atoms with E-state index in [2.05, 4.69) is 43.2 Å². The number of rotatable bonds is 2. The van der Waals surface area contributed by atoms with Gasteiger partial charge in [0, 0.05) is 18.8 Å². The first kappa shape index (κ1) is 12.1.